The van der Waals surface area contributed by atoms with Crippen LogP contribution in [0.25, 0.3) is 0 Å². The molecule has 0 spiro atoms. The van der Waals surface area contributed by atoms with Gasteiger partial charge in [0.25, 0.3) is 0 Å². The molecule has 0 aliphatic heterocycles. The van der Waals surface area contributed by atoms with Gasteiger partial charge in [-0.1, -0.05) is 0 Å². The highest BCUT2D eigenvalue weighted by Crippen LogP contribution is 0.755. The molecule has 4 heteroatoms. The van der Waals surface area contributed by atoms with Crippen LogP contribution in [0.4, 0.5) is 0 Å². The van der Waals surface area contributed by atoms with Gasteiger partial charge < -0.3 is 22.2 Å². The van der Waals surface area contributed by atoms with Gasteiger partial charge >= 0.3 is 0 Å². The zero-order valence-electron chi connectivity index (χ0n) is 3.15. The van der Waals surface area contributed by atoms with E-state index in [1.165, 1.54) is 0 Å². The molecule has 8 N–H and O–H groups in total. The van der Waals surface area contributed by atoms with Gasteiger partial charge in [-0.15, -0.1) is 0 Å². The topological polar surface area (TPSA) is 118 Å². The molecule has 0 bridgehead atoms. The molecular weight excluding hydrogens is 74.0 g/mol. The molecule has 0 fully saturated rings. The predicted octanol–water partition coefficient (Wildman–Crippen LogP) is -1.88. The molecule has 0 saturated carbocycles. The first-order chi connectivity index (χ1) is 1.00. The molecule has 38 valence electrons. The molecule has 0 radical (unpaired) electrons. The standard InChI is InChI=1S/CH4O.H3N.2H2O/c1-2;;;/h2H,1H3;1H3;2*1H2. The first-order valence-corrected chi connectivity index (χ1v) is 0.447. The molecule has 0 heterocycles. The van der Waals surface area contributed by atoms with Crippen molar-refractivity contribution in [3.05, 3.63) is 0 Å². The van der Waals surface area contributed by atoms with Crippen LogP contribution in [-0.4, -0.2) is 23.2 Å². The van der Waals surface area contributed by atoms with E-state index in [1.807, 2.05) is 0 Å². The van der Waals surface area contributed by atoms with E-state index in [0.29, 0.717) is 0 Å². The first-order valence-electron chi connectivity index (χ1n) is 0.447. The van der Waals surface area contributed by atoms with E-state index in [-0.39, 0.29) is 17.1 Å². The summed E-state index contributed by atoms with van der Waals surface area (Å²) in [7, 11) is 1.00. The van der Waals surface area contributed by atoms with Crippen molar-refractivity contribution in [1.82, 2.24) is 6.15 Å². The molecule has 5 heavy (non-hydrogen) atoms. The summed E-state index contributed by atoms with van der Waals surface area (Å²) in [6.45, 7) is 0. The summed E-state index contributed by atoms with van der Waals surface area (Å²) in [5.41, 5.74) is 0. The predicted molar refractivity (Wildman–Crippen MR) is 20.4 cm³/mol. The third-order valence-electron chi connectivity index (χ3n) is 0. The maximum atomic E-state index is 7.00. The van der Waals surface area contributed by atoms with Crippen molar-refractivity contribution >= 4 is 0 Å². The van der Waals surface area contributed by atoms with Crippen molar-refractivity contribution in [2.75, 3.05) is 7.11 Å². The molecular formula is CH11NO3. The molecule has 0 amide bonds. The second kappa shape index (κ2) is 1210. The minimum atomic E-state index is 0. The van der Waals surface area contributed by atoms with Crippen molar-refractivity contribution in [3.8, 4) is 0 Å². The summed E-state index contributed by atoms with van der Waals surface area (Å²) in [5, 5.41) is 7.00. The summed E-state index contributed by atoms with van der Waals surface area (Å²) in [6, 6.07) is 0. The van der Waals surface area contributed by atoms with Gasteiger partial charge in [0.2, 0.25) is 0 Å². The largest absolute Gasteiger partial charge is 0.412 e. The van der Waals surface area contributed by atoms with Gasteiger partial charge in [-0.3, -0.25) is 0 Å². The Balaban J connectivity index is -0.00000000167. The van der Waals surface area contributed by atoms with Crippen LogP contribution >= 0.6 is 0 Å². The van der Waals surface area contributed by atoms with E-state index < -0.39 is 0 Å². The van der Waals surface area contributed by atoms with Crippen molar-refractivity contribution in [1.29, 1.82) is 0 Å². The van der Waals surface area contributed by atoms with Gasteiger partial charge in [0.1, 0.15) is 0 Å². The van der Waals surface area contributed by atoms with Crippen LogP contribution in [0.15, 0.2) is 0 Å². The first kappa shape index (κ1) is 101. The van der Waals surface area contributed by atoms with Crippen LogP contribution < -0.4 is 6.15 Å². The number of aliphatic hydroxyl groups excluding tert-OH is 1. The average Bonchev–Trinajstić information content (AvgIpc) is 1.00. The third-order valence-corrected chi connectivity index (χ3v) is 0. The Bertz CT molecular complexity index is 6.85. The molecule has 0 rings (SSSR count). The SMILES string of the molecule is CO.N.O.O. The van der Waals surface area contributed by atoms with Crippen molar-refractivity contribution in [3.63, 3.8) is 0 Å². The van der Waals surface area contributed by atoms with Crippen molar-refractivity contribution in [2.24, 2.45) is 0 Å². The summed E-state index contributed by atoms with van der Waals surface area (Å²) < 4.78 is 0. The van der Waals surface area contributed by atoms with Gasteiger partial charge in [-0.2, -0.15) is 0 Å². The Labute approximate surface area is 30.6 Å². The van der Waals surface area contributed by atoms with Gasteiger partial charge in [0.15, 0.2) is 0 Å². The van der Waals surface area contributed by atoms with E-state index in [1.54, 1.807) is 0 Å². The van der Waals surface area contributed by atoms with Gasteiger partial charge in [0.05, 0.1) is 0 Å². The maximum Gasteiger partial charge on any atom is 0.0319 e. The van der Waals surface area contributed by atoms with Crippen molar-refractivity contribution < 1.29 is 16.1 Å². The second-order valence-corrected chi connectivity index (χ2v) is 0. The minimum absolute atomic E-state index is 0. The van der Waals surface area contributed by atoms with Crippen LogP contribution in [0.2, 0.25) is 0 Å². The van der Waals surface area contributed by atoms with Crippen LogP contribution in [0, 0.1) is 0 Å². The molecule has 0 aromatic carbocycles. The van der Waals surface area contributed by atoms with Crippen LogP contribution in [0.1, 0.15) is 0 Å². The second-order valence-electron chi connectivity index (χ2n) is 0. The highest BCUT2D eigenvalue weighted by molar-refractivity contribution is 3.18. The molecule has 0 aliphatic carbocycles. The summed E-state index contributed by atoms with van der Waals surface area (Å²) in [4.78, 5) is 0. The molecule has 0 unspecified atom stereocenters. The molecule has 4 nitrogen and oxygen atoms in total. The van der Waals surface area contributed by atoms with Gasteiger partial charge in [-0.05, 0) is 0 Å². The van der Waals surface area contributed by atoms with Gasteiger partial charge in [0, 0.05) is 7.11 Å². The quantitative estimate of drug-likeness (QED) is 0.358. The lowest BCUT2D eigenvalue weighted by Gasteiger charge is -1.21. The lowest BCUT2D eigenvalue weighted by molar-refractivity contribution is 0.399. The number of aliphatic hydroxyl groups is 1. The van der Waals surface area contributed by atoms with Crippen LogP contribution in [-0.2, 0) is 0 Å². The van der Waals surface area contributed by atoms with E-state index in [0.717, 1.165) is 7.11 Å². The van der Waals surface area contributed by atoms with Crippen LogP contribution in [0.3, 0.4) is 0 Å². The Kier molecular flexibility index (Phi) is 24500. The fraction of sp³-hybridized carbons (Fsp3) is 1.00. The fourth-order valence-corrected chi connectivity index (χ4v) is 0. The van der Waals surface area contributed by atoms with E-state index in [2.05, 4.69) is 0 Å². The third kappa shape index (κ3) is 508. The molecule has 0 aliphatic rings. The van der Waals surface area contributed by atoms with Crippen LogP contribution in [0.5, 0.6) is 0 Å². The van der Waals surface area contributed by atoms with Gasteiger partial charge in [-0.25, -0.2) is 0 Å². The molecule has 0 atom stereocenters. The molecule has 0 saturated heterocycles. The lowest BCUT2D eigenvalue weighted by atomic mass is 11.8. The molecule has 0 aromatic rings. The summed E-state index contributed by atoms with van der Waals surface area (Å²) in [5.74, 6) is 0. The number of hydrogen-bond donors (Lipinski definition) is 2. The van der Waals surface area contributed by atoms with E-state index in [4.69, 9.17) is 5.11 Å². The fourth-order valence-electron chi connectivity index (χ4n) is 0. The smallest absolute Gasteiger partial charge is 0.0319 e. The van der Waals surface area contributed by atoms with Crippen molar-refractivity contribution in [2.45, 2.75) is 0 Å². The Hall–Kier alpha value is -0.160. The zero-order chi connectivity index (χ0) is 2.00. The zero-order valence-corrected chi connectivity index (χ0v) is 3.15. The van der Waals surface area contributed by atoms with E-state index >= 15 is 0 Å². The maximum absolute atomic E-state index is 7.00. The normalized spacial score (nSPS) is 1.20. The molecule has 0 aromatic heterocycles. The Morgan fingerprint density at radius 2 is 1.00 bits per heavy atom. The average molecular weight is 85.1 g/mol. The lowest BCUT2D eigenvalue weighted by Crippen LogP contribution is -1.25. The number of hydrogen-bond acceptors (Lipinski definition) is 2. The summed E-state index contributed by atoms with van der Waals surface area (Å²) in [6.07, 6.45) is 0. The monoisotopic (exact) mass is 85.1 g/mol. The van der Waals surface area contributed by atoms with E-state index in [9.17, 15) is 0 Å². The highest BCUT2D eigenvalue weighted by Gasteiger charge is 0.839. The number of rotatable bonds is 0. The summed E-state index contributed by atoms with van der Waals surface area (Å²) >= 11 is 0. The highest BCUT2D eigenvalue weighted by atomic mass is 16.2. The minimum Gasteiger partial charge on any atom is -0.412 e. The Morgan fingerprint density at radius 1 is 1.00 bits per heavy atom. The Morgan fingerprint density at radius 3 is 1.00 bits per heavy atom.